The minimum absolute atomic E-state index is 0.0487. The van der Waals surface area contributed by atoms with Gasteiger partial charge in [-0.2, -0.15) is 0 Å². The van der Waals surface area contributed by atoms with E-state index < -0.39 is 4.92 Å². The first-order valence-electron chi connectivity index (χ1n) is 7.75. The summed E-state index contributed by atoms with van der Waals surface area (Å²) >= 11 is 1.38. The Morgan fingerprint density at radius 1 is 1.12 bits per heavy atom. The van der Waals surface area contributed by atoms with Crippen LogP contribution in [0, 0.1) is 24.0 Å². The van der Waals surface area contributed by atoms with Gasteiger partial charge < -0.3 is 4.42 Å². The number of nitro benzene ring substituents is 1. The number of nitro groups is 1. The third kappa shape index (κ3) is 4.06. The molecule has 0 amide bonds. The summed E-state index contributed by atoms with van der Waals surface area (Å²) in [5.74, 6) is 0.473. The Labute approximate surface area is 149 Å². The monoisotopic (exact) mass is 355 g/mol. The molecule has 6 nitrogen and oxygen atoms in total. The Balaban J connectivity index is 1.79. The number of benzene rings is 2. The van der Waals surface area contributed by atoms with Crippen LogP contribution in [0.15, 0.2) is 52.1 Å². The second kappa shape index (κ2) is 7.06. The summed E-state index contributed by atoms with van der Waals surface area (Å²) in [5.41, 5.74) is 4.07. The van der Waals surface area contributed by atoms with Gasteiger partial charge in [-0.25, -0.2) is 0 Å². The normalized spacial score (nSPS) is 12.1. The number of nitrogens with zero attached hydrogens (tertiary/aromatic N) is 3. The molecule has 0 aliphatic rings. The smallest absolute Gasteiger partial charge is 0.277 e. The number of aromatic nitrogens is 2. The molecule has 0 saturated heterocycles. The fourth-order valence-electron chi connectivity index (χ4n) is 2.58. The number of aryl methyl sites for hydroxylation is 2. The summed E-state index contributed by atoms with van der Waals surface area (Å²) in [6, 6.07) is 12.7. The summed E-state index contributed by atoms with van der Waals surface area (Å²) < 4.78 is 5.76. The van der Waals surface area contributed by atoms with Crippen molar-refractivity contribution in [3.05, 3.63) is 69.3 Å². The van der Waals surface area contributed by atoms with Crippen LogP contribution in [-0.4, -0.2) is 15.1 Å². The Bertz CT molecular complexity index is 903. The molecule has 0 aliphatic heterocycles. The van der Waals surface area contributed by atoms with E-state index in [-0.39, 0.29) is 10.9 Å². The topological polar surface area (TPSA) is 82.1 Å². The Kier molecular flexibility index (Phi) is 4.85. The molecular weight excluding hydrogens is 338 g/mol. The van der Waals surface area contributed by atoms with Gasteiger partial charge in [0.1, 0.15) is 0 Å². The number of non-ortho nitro benzene ring substituents is 1. The van der Waals surface area contributed by atoms with Crippen LogP contribution in [-0.2, 0) is 0 Å². The second-order valence-electron chi connectivity index (χ2n) is 5.86. The Hall–Kier alpha value is -2.67. The van der Waals surface area contributed by atoms with Gasteiger partial charge in [0.05, 0.1) is 4.92 Å². The molecule has 7 heteroatoms. The van der Waals surface area contributed by atoms with Crippen molar-refractivity contribution in [2.75, 3.05) is 0 Å². The lowest BCUT2D eigenvalue weighted by Crippen LogP contribution is -1.92. The van der Waals surface area contributed by atoms with Gasteiger partial charge in [0.2, 0.25) is 5.89 Å². The van der Waals surface area contributed by atoms with Gasteiger partial charge in [-0.05, 0) is 38.5 Å². The van der Waals surface area contributed by atoms with E-state index in [0.29, 0.717) is 11.1 Å². The number of thioether (sulfide) groups is 1. The molecule has 1 heterocycles. The molecule has 0 N–H and O–H groups in total. The molecule has 25 heavy (non-hydrogen) atoms. The molecule has 0 fully saturated rings. The molecule has 3 rings (SSSR count). The van der Waals surface area contributed by atoms with Crippen LogP contribution in [0.1, 0.15) is 28.9 Å². The van der Waals surface area contributed by atoms with Crippen LogP contribution in [0.4, 0.5) is 5.69 Å². The zero-order valence-corrected chi connectivity index (χ0v) is 14.9. The minimum Gasteiger partial charge on any atom is -0.411 e. The lowest BCUT2D eigenvalue weighted by atomic mass is 10.1. The molecule has 0 radical (unpaired) electrons. The van der Waals surface area contributed by atoms with Crippen LogP contribution in [0.2, 0.25) is 0 Å². The lowest BCUT2D eigenvalue weighted by molar-refractivity contribution is -0.384. The zero-order chi connectivity index (χ0) is 18.0. The molecule has 2 aromatic carbocycles. The predicted octanol–water partition coefficient (Wildman–Crippen LogP) is 5.11. The maximum atomic E-state index is 10.9. The van der Waals surface area contributed by atoms with Gasteiger partial charge in [-0.3, -0.25) is 10.1 Å². The van der Waals surface area contributed by atoms with E-state index in [1.54, 1.807) is 12.1 Å². The van der Waals surface area contributed by atoms with Gasteiger partial charge in [0, 0.05) is 22.9 Å². The summed E-state index contributed by atoms with van der Waals surface area (Å²) in [7, 11) is 0. The minimum atomic E-state index is -0.397. The van der Waals surface area contributed by atoms with E-state index in [1.807, 2.05) is 39.0 Å². The summed E-state index contributed by atoms with van der Waals surface area (Å²) in [6.45, 7) is 5.99. The maximum absolute atomic E-state index is 10.9. The van der Waals surface area contributed by atoms with Crippen molar-refractivity contribution in [2.45, 2.75) is 31.2 Å². The van der Waals surface area contributed by atoms with Crippen molar-refractivity contribution in [1.29, 1.82) is 0 Å². The fourth-order valence-corrected chi connectivity index (χ4v) is 3.38. The molecule has 0 aliphatic carbocycles. The average Bonchev–Trinajstić information content (AvgIpc) is 3.02. The van der Waals surface area contributed by atoms with Gasteiger partial charge in [-0.1, -0.05) is 41.1 Å². The first-order chi connectivity index (χ1) is 11.9. The van der Waals surface area contributed by atoms with Crippen LogP contribution in [0.3, 0.4) is 0 Å². The van der Waals surface area contributed by atoms with Gasteiger partial charge in [-0.15, -0.1) is 10.2 Å². The predicted molar refractivity (Wildman–Crippen MR) is 96.6 cm³/mol. The van der Waals surface area contributed by atoms with Gasteiger partial charge >= 0.3 is 0 Å². The molecule has 3 aromatic rings. The summed E-state index contributed by atoms with van der Waals surface area (Å²) in [4.78, 5) is 10.5. The maximum Gasteiger partial charge on any atom is 0.277 e. The second-order valence-corrected chi connectivity index (χ2v) is 7.15. The van der Waals surface area contributed by atoms with E-state index in [0.717, 1.165) is 22.3 Å². The zero-order valence-electron chi connectivity index (χ0n) is 14.1. The van der Waals surface area contributed by atoms with Crippen LogP contribution in [0.5, 0.6) is 0 Å². The highest BCUT2D eigenvalue weighted by Crippen LogP contribution is 2.36. The van der Waals surface area contributed by atoms with Crippen molar-refractivity contribution < 1.29 is 9.34 Å². The highest BCUT2D eigenvalue weighted by Gasteiger charge is 2.16. The SMILES string of the molecule is Cc1cc(C)cc(-c2nnc(S[C@H](C)c3cccc([N+](=O)[O-])c3)o2)c1. The molecule has 0 saturated carbocycles. The van der Waals surface area contributed by atoms with Crippen LogP contribution < -0.4 is 0 Å². The van der Waals surface area contributed by atoms with Crippen molar-refractivity contribution >= 4 is 17.4 Å². The number of rotatable bonds is 5. The quantitative estimate of drug-likeness (QED) is 0.359. The first kappa shape index (κ1) is 17.2. The molecule has 0 bridgehead atoms. The van der Waals surface area contributed by atoms with E-state index in [2.05, 4.69) is 16.3 Å². The van der Waals surface area contributed by atoms with E-state index in [9.17, 15) is 10.1 Å². The molecule has 1 atom stereocenters. The number of hydrogen-bond donors (Lipinski definition) is 0. The molecule has 128 valence electrons. The third-order valence-electron chi connectivity index (χ3n) is 3.70. The average molecular weight is 355 g/mol. The van der Waals surface area contributed by atoms with E-state index in [1.165, 1.54) is 17.8 Å². The van der Waals surface area contributed by atoms with Crippen LogP contribution >= 0.6 is 11.8 Å². The Morgan fingerprint density at radius 3 is 2.52 bits per heavy atom. The molecular formula is C18H17N3O3S. The summed E-state index contributed by atoms with van der Waals surface area (Å²) in [5, 5.41) is 19.5. The van der Waals surface area contributed by atoms with E-state index in [4.69, 9.17) is 4.42 Å². The highest BCUT2D eigenvalue weighted by molar-refractivity contribution is 7.99. The van der Waals surface area contributed by atoms with Crippen molar-refractivity contribution in [2.24, 2.45) is 0 Å². The third-order valence-corrected chi connectivity index (χ3v) is 4.70. The Morgan fingerprint density at radius 2 is 1.84 bits per heavy atom. The van der Waals surface area contributed by atoms with Crippen LogP contribution in [0.25, 0.3) is 11.5 Å². The highest BCUT2D eigenvalue weighted by atomic mass is 32.2. The van der Waals surface area contributed by atoms with Crippen molar-refractivity contribution in [3.8, 4) is 11.5 Å². The fraction of sp³-hybridized carbons (Fsp3) is 0.222. The van der Waals surface area contributed by atoms with Gasteiger partial charge in [0.25, 0.3) is 10.9 Å². The van der Waals surface area contributed by atoms with E-state index >= 15 is 0 Å². The first-order valence-corrected chi connectivity index (χ1v) is 8.63. The molecule has 0 spiro atoms. The molecule has 0 unspecified atom stereocenters. The summed E-state index contributed by atoms with van der Waals surface area (Å²) in [6.07, 6.45) is 0. The van der Waals surface area contributed by atoms with Gasteiger partial charge in [0.15, 0.2) is 0 Å². The standard InChI is InChI=1S/C18H17N3O3S/c1-11-7-12(2)9-15(8-11)17-19-20-18(24-17)25-13(3)14-5-4-6-16(10-14)21(22)23/h4-10,13H,1-3H3/t13-/m1/s1. The largest absolute Gasteiger partial charge is 0.411 e. The number of hydrogen-bond acceptors (Lipinski definition) is 6. The van der Waals surface area contributed by atoms with Crippen molar-refractivity contribution in [1.82, 2.24) is 10.2 Å². The lowest BCUT2D eigenvalue weighted by Gasteiger charge is -2.08. The van der Waals surface area contributed by atoms with Crippen molar-refractivity contribution in [3.63, 3.8) is 0 Å². The molecule has 1 aromatic heterocycles.